The third-order valence-electron chi connectivity index (χ3n) is 2.10. The summed E-state index contributed by atoms with van der Waals surface area (Å²) in [5.41, 5.74) is -1.16. The van der Waals surface area contributed by atoms with E-state index in [-0.39, 0.29) is 5.33 Å². The summed E-state index contributed by atoms with van der Waals surface area (Å²) >= 11 is 2.82. The maximum atomic E-state index is 13.0. The first-order valence-electron chi connectivity index (χ1n) is 5.00. The Hall–Kier alpha value is -0.660. The van der Waals surface area contributed by atoms with Crippen molar-refractivity contribution in [3.05, 3.63) is 0 Å². The number of carbonyl (C=O) groups is 2. The van der Waals surface area contributed by atoms with Crippen LogP contribution < -0.4 is 0 Å². The largest absolute Gasteiger partial charge is 0.383 e. The van der Waals surface area contributed by atoms with E-state index in [9.17, 15) is 27.2 Å². The van der Waals surface area contributed by atoms with Crippen molar-refractivity contribution in [2.45, 2.75) is 38.7 Å². The second-order valence-electron chi connectivity index (χ2n) is 4.66. The molecule has 8 heteroatoms. The molecule has 0 spiro atoms. The molecule has 106 valence electrons. The Morgan fingerprint density at radius 3 is 1.94 bits per heavy atom. The van der Waals surface area contributed by atoms with E-state index < -0.39 is 36.1 Å². The molecule has 0 aromatic rings. The van der Waals surface area contributed by atoms with Crippen molar-refractivity contribution in [3.8, 4) is 0 Å². The van der Waals surface area contributed by atoms with Gasteiger partial charge < -0.3 is 4.90 Å². The van der Waals surface area contributed by atoms with Gasteiger partial charge in [-0.15, -0.1) is 0 Å². The van der Waals surface area contributed by atoms with Crippen molar-refractivity contribution < 1.29 is 27.2 Å². The first-order valence-corrected chi connectivity index (χ1v) is 6.12. The molecular formula is C10H14BrF4NO2. The molecule has 0 aliphatic carbocycles. The molecule has 0 radical (unpaired) electrons. The summed E-state index contributed by atoms with van der Waals surface area (Å²) in [6, 6.07) is 0. The minimum absolute atomic E-state index is 0.146. The van der Waals surface area contributed by atoms with Gasteiger partial charge in [0.05, 0.1) is 11.9 Å². The molecule has 0 aromatic heterocycles. The molecule has 0 heterocycles. The molecule has 0 unspecified atom stereocenters. The molecule has 0 saturated heterocycles. The molecule has 0 rings (SSSR count). The van der Waals surface area contributed by atoms with Gasteiger partial charge >= 0.3 is 12.3 Å². The normalized spacial score (nSPS) is 12.7. The number of alkyl halides is 5. The Labute approximate surface area is 111 Å². The summed E-state index contributed by atoms with van der Waals surface area (Å²) in [5.74, 6) is -7.39. The molecule has 0 aliphatic rings. The highest BCUT2D eigenvalue weighted by atomic mass is 79.9. The van der Waals surface area contributed by atoms with E-state index in [0.717, 1.165) is 0 Å². The predicted octanol–water partition coefficient (Wildman–Crippen LogP) is 2.48. The Kier molecular flexibility index (Phi) is 5.77. The van der Waals surface area contributed by atoms with Crippen LogP contribution in [0.1, 0.15) is 20.8 Å². The third-order valence-corrected chi connectivity index (χ3v) is 2.72. The first-order chi connectivity index (χ1) is 7.94. The monoisotopic (exact) mass is 335 g/mol. The fourth-order valence-electron chi connectivity index (χ4n) is 1.11. The van der Waals surface area contributed by atoms with E-state index in [2.05, 4.69) is 15.9 Å². The van der Waals surface area contributed by atoms with Crippen molar-refractivity contribution in [1.29, 1.82) is 0 Å². The number of hydrogen-bond acceptors (Lipinski definition) is 2. The predicted molar refractivity (Wildman–Crippen MR) is 61.2 cm³/mol. The lowest BCUT2D eigenvalue weighted by Crippen LogP contribution is -2.56. The summed E-state index contributed by atoms with van der Waals surface area (Å²) in [6.07, 6.45) is -4.10. The van der Waals surface area contributed by atoms with E-state index in [1.54, 1.807) is 0 Å². The van der Waals surface area contributed by atoms with Crippen LogP contribution in [0, 0.1) is 0 Å². The van der Waals surface area contributed by atoms with Gasteiger partial charge in [0.2, 0.25) is 0 Å². The van der Waals surface area contributed by atoms with Crippen LogP contribution in [0.2, 0.25) is 0 Å². The van der Waals surface area contributed by atoms with Crippen molar-refractivity contribution >= 4 is 27.6 Å². The lowest BCUT2D eigenvalue weighted by Gasteiger charge is -2.37. The minimum Gasteiger partial charge on any atom is -0.325 e. The first kappa shape index (κ1) is 17.3. The summed E-state index contributed by atoms with van der Waals surface area (Å²) in [6.45, 7) is 3.51. The van der Waals surface area contributed by atoms with Crippen LogP contribution in [-0.4, -0.2) is 46.4 Å². The maximum Gasteiger partial charge on any atom is 0.383 e. The van der Waals surface area contributed by atoms with Gasteiger partial charge in [-0.1, -0.05) is 15.9 Å². The summed E-state index contributed by atoms with van der Waals surface area (Å²) in [7, 11) is 0. The lowest BCUT2D eigenvalue weighted by atomic mass is 10.0. The van der Waals surface area contributed by atoms with E-state index in [0.29, 0.717) is 4.90 Å². The number of hydrogen-bond donors (Lipinski definition) is 0. The molecule has 1 amide bonds. The molecular weight excluding hydrogens is 322 g/mol. The molecule has 0 N–H and O–H groups in total. The lowest BCUT2D eigenvalue weighted by molar-refractivity contribution is -0.185. The summed E-state index contributed by atoms with van der Waals surface area (Å²) in [5, 5.41) is -0.146. The molecule has 0 aliphatic heterocycles. The van der Waals surface area contributed by atoms with Gasteiger partial charge in [-0.25, -0.2) is 8.78 Å². The van der Waals surface area contributed by atoms with Gasteiger partial charge in [-0.05, 0) is 20.8 Å². The molecule has 0 fully saturated rings. The molecule has 0 saturated carbocycles. The smallest absolute Gasteiger partial charge is 0.325 e. The average molecular weight is 336 g/mol. The van der Waals surface area contributed by atoms with Gasteiger partial charge in [-0.3, -0.25) is 9.59 Å². The van der Waals surface area contributed by atoms with Crippen LogP contribution in [0.3, 0.4) is 0 Å². The highest BCUT2D eigenvalue weighted by Gasteiger charge is 2.53. The van der Waals surface area contributed by atoms with E-state index in [1.807, 2.05) is 0 Å². The number of carbonyl (C=O) groups excluding carboxylic acids is 2. The van der Waals surface area contributed by atoms with Gasteiger partial charge in [0.1, 0.15) is 0 Å². The second-order valence-corrected chi connectivity index (χ2v) is 5.22. The highest BCUT2D eigenvalue weighted by molar-refractivity contribution is 9.09. The summed E-state index contributed by atoms with van der Waals surface area (Å²) < 4.78 is 50.3. The molecule has 0 bridgehead atoms. The van der Waals surface area contributed by atoms with Crippen LogP contribution in [0.4, 0.5) is 17.6 Å². The Bertz CT molecular complexity index is 328. The topological polar surface area (TPSA) is 37.4 Å². The second kappa shape index (κ2) is 5.99. The zero-order valence-electron chi connectivity index (χ0n) is 10.1. The third kappa shape index (κ3) is 4.22. The zero-order valence-corrected chi connectivity index (χ0v) is 11.7. The maximum absolute atomic E-state index is 13.0. The van der Waals surface area contributed by atoms with E-state index in [1.165, 1.54) is 20.8 Å². The highest BCUT2D eigenvalue weighted by Crippen LogP contribution is 2.28. The standard InChI is InChI=1S/C10H14BrF4NO2/c1-9(2,3)16(5-6(17)4-11)8(18)10(14,15)7(12)13/h7H,4-5H2,1-3H3. The number of rotatable bonds is 5. The van der Waals surface area contributed by atoms with Gasteiger partial charge in [0, 0.05) is 5.54 Å². The van der Waals surface area contributed by atoms with Crippen LogP contribution in [0.5, 0.6) is 0 Å². The fourth-order valence-corrected chi connectivity index (χ4v) is 1.28. The molecule has 3 nitrogen and oxygen atoms in total. The Balaban J connectivity index is 5.23. The number of amides is 1. The van der Waals surface area contributed by atoms with Crippen LogP contribution in [0.25, 0.3) is 0 Å². The fraction of sp³-hybridized carbons (Fsp3) is 0.800. The molecule has 18 heavy (non-hydrogen) atoms. The van der Waals surface area contributed by atoms with Gasteiger partial charge in [0.25, 0.3) is 5.91 Å². The van der Waals surface area contributed by atoms with Crippen molar-refractivity contribution in [3.63, 3.8) is 0 Å². The van der Waals surface area contributed by atoms with Crippen LogP contribution in [-0.2, 0) is 9.59 Å². The quantitative estimate of drug-likeness (QED) is 0.571. The van der Waals surface area contributed by atoms with Crippen LogP contribution >= 0.6 is 15.9 Å². The van der Waals surface area contributed by atoms with Crippen molar-refractivity contribution in [2.24, 2.45) is 0 Å². The number of nitrogens with zero attached hydrogens (tertiary/aromatic N) is 1. The van der Waals surface area contributed by atoms with Crippen molar-refractivity contribution in [1.82, 2.24) is 4.90 Å². The Morgan fingerprint density at radius 2 is 1.67 bits per heavy atom. The summed E-state index contributed by atoms with van der Waals surface area (Å²) in [4.78, 5) is 23.1. The Morgan fingerprint density at radius 1 is 1.22 bits per heavy atom. The minimum atomic E-state index is -4.79. The van der Waals surface area contributed by atoms with Gasteiger partial charge in [0.15, 0.2) is 5.78 Å². The average Bonchev–Trinajstić information content (AvgIpc) is 2.22. The van der Waals surface area contributed by atoms with E-state index >= 15 is 0 Å². The van der Waals surface area contributed by atoms with Crippen LogP contribution in [0.15, 0.2) is 0 Å². The van der Waals surface area contributed by atoms with Crippen molar-refractivity contribution in [2.75, 3.05) is 11.9 Å². The number of halogens is 5. The number of Topliss-reactive ketones (excluding diaryl/α,β-unsaturated/α-hetero) is 1. The molecule has 0 atom stereocenters. The zero-order chi connectivity index (χ0) is 14.7. The SMILES string of the molecule is CC(C)(C)N(CC(=O)CBr)C(=O)C(F)(F)C(F)F. The van der Waals surface area contributed by atoms with E-state index in [4.69, 9.17) is 0 Å². The number of ketones is 1. The van der Waals surface area contributed by atoms with Gasteiger partial charge in [-0.2, -0.15) is 8.78 Å². The molecule has 0 aromatic carbocycles.